The van der Waals surface area contributed by atoms with Gasteiger partial charge in [0.1, 0.15) is 6.04 Å². The number of aromatic nitrogens is 2. The zero-order valence-corrected chi connectivity index (χ0v) is 12.2. The summed E-state index contributed by atoms with van der Waals surface area (Å²) >= 11 is 0. The van der Waals surface area contributed by atoms with Crippen LogP contribution in [0.15, 0.2) is 36.7 Å². The minimum atomic E-state index is -2.83. The Morgan fingerprint density at radius 3 is 2.65 bits per heavy atom. The van der Waals surface area contributed by atoms with Crippen molar-refractivity contribution < 1.29 is 23.5 Å². The van der Waals surface area contributed by atoms with Gasteiger partial charge in [0.05, 0.1) is 17.4 Å². The van der Waals surface area contributed by atoms with Gasteiger partial charge in [-0.15, -0.1) is 0 Å². The number of aryl methyl sites for hydroxylation is 1. The van der Waals surface area contributed by atoms with Crippen LogP contribution in [0.1, 0.15) is 22.3 Å². The minimum Gasteiger partial charge on any atom is -0.480 e. The molecule has 2 aromatic rings. The summed E-state index contributed by atoms with van der Waals surface area (Å²) in [4.78, 5) is 22.9. The molecule has 0 fully saturated rings. The Kier molecular flexibility index (Phi) is 5.05. The summed E-state index contributed by atoms with van der Waals surface area (Å²) in [5, 5.41) is 15.0. The molecule has 1 atom stereocenters. The highest BCUT2D eigenvalue weighted by atomic mass is 19.3. The van der Waals surface area contributed by atoms with Crippen LogP contribution < -0.4 is 5.32 Å². The highest BCUT2D eigenvalue weighted by Crippen LogP contribution is 2.13. The number of carbonyl (C=O) groups is 2. The fourth-order valence-corrected chi connectivity index (χ4v) is 2.03. The van der Waals surface area contributed by atoms with E-state index in [1.807, 2.05) is 25.1 Å². The number of alkyl halides is 2. The van der Waals surface area contributed by atoms with E-state index in [-0.39, 0.29) is 5.56 Å². The Bertz CT molecular complexity index is 715. The third kappa shape index (κ3) is 4.12. The number of rotatable bonds is 6. The van der Waals surface area contributed by atoms with Crippen molar-refractivity contribution >= 4 is 11.9 Å². The van der Waals surface area contributed by atoms with Crippen molar-refractivity contribution in [2.45, 2.75) is 25.8 Å². The van der Waals surface area contributed by atoms with Gasteiger partial charge in [0.2, 0.25) is 6.43 Å². The molecule has 1 aromatic carbocycles. The summed E-state index contributed by atoms with van der Waals surface area (Å²) in [5.41, 5.74) is 1.78. The second-order valence-electron chi connectivity index (χ2n) is 4.95. The molecular formula is C15H15F2N3O3. The highest BCUT2D eigenvalue weighted by Gasteiger charge is 2.25. The van der Waals surface area contributed by atoms with Crippen LogP contribution in [0, 0.1) is 6.92 Å². The number of carbonyl (C=O) groups excluding carboxylic acids is 1. The molecule has 1 amide bonds. The number of carboxylic acids is 1. The zero-order chi connectivity index (χ0) is 17.0. The van der Waals surface area contributed by atoms with Crippen LogP contribution in [0.3, 0.4) is 0 Å². The smallest absolute Gasteiger partial charge is 0.326 e. The number of hydrogen-bond acceptors (Lipinski definition) is 3. The number of nitrogens with zero attached hydrogens (tertiary/aromatic N) is 2. The topological polar surface area (TPSA) is 84.2 Å². The Hall–Kier alpha value is -2.77. The number of para-hydroxylation sites is 1. The van der Waals surface area contributed by atoms with Crippen LogP contribution in [0.5, 0.6) is 0 Å². The van der Waals surface area contributed by atoms with E-state index in [1.165, 1.54) is 17.1 Å². The molecule has 0 bridgehead atoms. The number of amides is 1. The van der Waals surface area contributed by atoms with E-state index >= 15 is 0 Å². The molecule has 0 aliphatic rings. The van der Waals surface area contributed by atoms with Crippen molar-refractivity contribution in [2.24, 2.45) is 0 Å². The minimum absolute atomic E-state index is 0.0915. The molecule has 122 valence electrons. The average Bonchev–Trinajstić information content (AvgIpc) is 2.96. The third-order valence-electron chi connectivity index (χ3n) is 3.22. The first-order chi connectivity index (χ1) is 10.9. The van der Waals surface area contributed by atoms with Crippen molar-refractivity contribution in [3.8, 4) is 5.69 Å². The Labute approximate surface area is 130 Å². The van der Waals surface area contributed by atoms with Gasteiger partial charge >= 0.3 is 5.97 Å². The van der Waals surface area contributed by atoms with Crippen molar-refractivity contribution in [3.05, 3.63) is 47.8 Å². The van der Waals surface area contributed by atoms with E-state index in [2.05, 4.69) is 10.4 Å². The summed E-state index contributed by atoms with van der Waals surface area (Å²) in [7, 11) is 0. The van der Waals surface area contributed by atoms with Gasteiger partial charge in [-0.1, -0.05) is 18.2 Å². The predicted octanol–water partition coefficient (Wildman–Crippen LogP) is 2.02. The number of hydrogen-bond donors (Lipinski definition) is 2. The lowest BCUT2D eigenvalue weighted by atomic mass is 10.2. The van der Waals surface area contributed by atoms with Crippen LogP contribution in [0.2, 0.25) is 0 Å². The maximum atomic E-state index is 12.3. The average molecular weight is 323 g/mol. The fraction of sp³-hybridized carbons (Fsp3) is 0.267. The number of benzene rings is 1. The van der Waals surface area contributed by atoms with Crippen LogP contribution >= 0.6 is 0 Å². The van der Waals surface area contributed by atoms with Gasteiger partial charge in [0, 0.05) is 12.6 Å². The number of aliphatic carboxylic acids is 1. The maximum Gasteiger partial charge on any atom is 0.326 e. The van der Waals surface area contributed by atoms with Crippen LogP contribution in [0.4, 0.5) is 8.78 Å². The molecule has 0 spiro atoms. The molecule has 1 unspecified atom stereocenters. The monoisotopic (exact) mass is 323 g/mol. The van der Waals surface area contributed by atoms with Gasteiger partial charge in [0.25, 0.3) is 5.91 Å². The first kappa shape index (κ1) is 16.6. The van der Waals surface area contributed by atoms with E-state index in [0.29, 0.717) is 0 Å². The van der Waals surface area contributed by atoms with Gasteiger partial charge in [-0.2, -0.15) is 5.10 Å². The first-order valence-corrected chi connectivity index (χ1v) is 6.81. The Morgan fingerprint density at radius 1 is 1.35 bits per heavy atom. The molecule has 0 radical (unpaired) electrons. The summed E-state index contributed by atoms with van der Waals surface area (Å²) in [5.74, 6) is -2.28. The fourth-order valence-electron chi connectivity index (χ4n) is 2.03. The summed E-state index contributed by atoms with van der Waals surface area (Å²) in [6.07, 6.45) is -1.11. The third-order valence-corrected chi connectivity index (χ3v) is 3.22. The molecule has 1 heterocycles. The molecule has 6 nitrogen and oxygen atoms in total. The van der Waals surface area contributed by atoms with Crippen molar-refractivity contribution in [1.29, 1.82) is 0 Å². The highest BCUT2D eigenvalue weighted by molar-refractivity contribution is 5.96. The molecule has 0 aliphatic heterocycles. The lowest BCUT2D eigenvalue weighted by Gasteiger charge is -2.13. The summed E-state index contributed by atoms with van der Waals surface area (Å²) in [6.45, 7) is 1.87. The van der Waals surface area contributed by atoms with Crippen molar-refractivity contribution in [1.82, 2.24) is 15.1 Å². The van der Waals surface area contributed by atoms with Gasteiger partial charge in [0.15, 0.2) is 0 Å². The quantitative estimate of drug-likeness (QED) is 0.852. The molecule has 2 N–H and O–H groups in total. The molecule has 0 aliphatic carbocycles. The molecule has 23 heavy (non-hydrogen) atoms. The molecule has 0 saturated carbocycles. The second-order valence-corrected chi connectivity index (χ2v) is 4.95. The van der Waals surface area contributed by atoms with E-state index in [1.54, 1.807) is 6.07 Å². The lowest BCUT2D eigenvalue weighted by Crippen LogP contribution is -2.41. The molecule has 8 heteroatoms. The largest absolute Gasteiger partial charge is 0.480 e. The van der Waals surface area contributed by atoms with Gasteiger partial charge in [-0.05, 0) is 18.6 Å². The molecule has 0 saturated heterocycles. The standard InChI is InChI=1S/C15H15F2N3O3/c1-9-4-2-3-5-12(9)20-8-10(7-18-20)14(21)19-11(15(22)23)6-13(16)17/h2-5,7-8,11,13H,6H2,1H3,(H,19,21)(H,22,23). The van der Waals surface area contributed by atoms with E-state index < -0.39 is 30.8 Å². The van der Waals surface area contributed by atoms with Gasteiger partial charge in [-0.25, -0.2) is 18.3 Å². The molecule has 2 rings (SSSR count). The van der Waals surface area contributed by atoms with E-state index in [9.17, 15) is 18.4 Å². The SMILES string of the molecule is Cc1ccccc1-n1cc(C(=O)NC(CC(F)F)C(=O)O)cn1. The Balaban J connectivity index is 2.15. The normalized spacial score (nSPS) is 12.2. The number of carboxylic acid groups (broad SMARTS) is 1. The van der Waals surface area contributed by atoms with E-state index in [4.69, 9.17) is 5.11 Å². The van der Waals surface area contributed by atoms with Crippen molar-refractivity contribution in [2.75, 3.05) is 0 Å². The van der Waals surface area contributed by atoms with Crippen LogP contribution in [-0.2, 0) is 4.79 Å². The molecular weight excluding hydrogens is 308 g/mol. The predicted molar refractivity (Wildman–Crippen MR) is 77.8 cm³/mol. The summed E-state index contributed by atoms with van der Waals surface area (Å²) < 4.78 is 26.1. The van der Waals surface area contributed by atoms with Gasteiger partial charge in [-0.3, -0.25) is 4.79 Å². The number of nitrogens with one attached hydrogen (secondary N) is 1. The van der Waals surface area contributed by atoms with Gasteiger partial charge < -0.3 is 10.4 Å². The first-order valence-electron chi connectivity index (χ1n) is 6.81. The second kappa shape index (κ2) is 6.99. The number of halogens is 2. The summed E-state index contributed by atoms with van der Waals surface area (Å²) in [6, 6.07) is 5.70. The molecule has 1 aromatic heterocycles. The van der Waals surface area contributed by atoms with Crippen molar-refractivity contribution in [3.63, 3.8) is 0 Å². The van der Waals surface area contributed by atoms with Crippen LogP contribution in [-0.4, -0.2) is 39.2 Å². The lowest BCUT2D eigenvalue weighted by molar-refractivity contribution is -0.140. The maximum absolute atomic E-state index is 12.3. The zero-order valence-electron chi connectivity index (χ0n) is 12.2. The van der Waals surface area contributed by atoms with Crippen LogP contribution in [0.25, 0.3) is 5.69 Å². The Morgan fingerprint density at radius 2 is 2.04 bits per heavy atom. The van der Waals surface area contributed by atoms with E-state index in [0.717, 1.165) is 11.3 Å².